The standard InChI is InChI=1S/C15H19Cl2N3O/c1-11(15(21)19(2)8-4-7-18)20(3)10-12-5-6-13(16)14(17)9-12/h5-6,9,11H,4,8,10H2,1-3H3. The van der Waals surface area contributed by atoms with Crippen molar-refractivity contribution < 1.29 is 4.79 Å². The van der Waals surface area contributed by atoms with E-state index in [1.807, 2.05) is 31.0 Å². The average Bonchev–Trinajstić information content (AvgIpc) is 2.46. The lowest BCUT2D eigenvalue weighted by molar-refractivity contribution is -0.134. The van der Waals surface area contributed by atoms with Crippen LogP contribution in [0, 0.1) is 11.3 Å². The van der Waals surface area contributed by atoms with E-state index in [1.165, 1.54) is 0 Å². The summed E-state index contributed by atoms with van der Waals surface area (Å²) in [6.07, 6.45) is 0.339. The van der Waals surface area contributed by atoms with Gasteiger partial charge in [-0.1, -0.05) is 29.3 Å². The van der Waals surface area contributed by atoms with Gasteiger partial charge < -0.3 is 4.90 Å². The molecule has 0 aliphatic rings. The number of hydrogen-bond acceptors (Lipinski definition) is 3. The van der Waals surface area contributed by atoms with Gasteiger partial charge in [-0.05, 0) is 31.7 Å². The number of nitriles is 1. The van der Waals surface area contributed by atoms with Crippen LogP contribution < -0.4 is 0 Å². The Hall–Kier alpha value is -1.28. The maximum Gasteiger partial charge on any atom is 0.239 e. The summed E-state index contributed by atoms with van der Waals surface area (Å²) in [4.78, 5) is 15.7. The molecule has 1 atom stereocenters. The first-order chi connectivity index (χ1) is 9.86. The molecule has 1 aromatic rings. The SMILES string of the molecule is CC(C(=O)N(C)CCC#N)N(C)Cc1ccc(Cl)c(Cl)c1. The van der Waals surface area contributed by atoms with Crippen molar-refractivity contribution in [3.63, 3.8) is 0 Å². The fourth-order valence-electron chi connectivity index (χ4n) is 1.90. The molecule has 0 heterocycles. The Balaban J connectivity index is 2.65. The highest BCUT2D eigenvalue weighted by Crippen LogP contribution is 2.23. The average molecular weight is 328 g/mol. The summed E-state index contributed by atoms with van der Waals surface area (Å²) in [5.41, 5.74) is 0.992. The minimum atomic E-state index is -0.275. The van der Waals surface area contributed by atoms with E-state index < -0.39 is 0 Å². The summed E-state index contributed by atoms with van der Waals surface area (Å²) in [6, 6.07) is 7.20. The highest BCUT2D eigenvalue weighted by molar-refractivity contribution is 6.42. The molecular weight excluding hydrogens is 309 g/mol. The van der Waals surface area contributed by atoms with Crippen LogP contribution >= 0.6 is 23.2 Å². The van der Waals surface area contributed by atoms with E-state index in [2.05, 4.69) is 0 Å². The molecule has 0 fully saturated rings. The van der Waals surface area contributed by atoms with Crippen LogP contribution in [0.5, 0.6) is 0 Å². The van der Waals surface area contributed by atoms with Crippen molar-refractivity contribution in [2.45, 2.75) is 25.9 Å². The van der Waals surface area contributed by atoms with Gasteiger partial charge in [-0.3, -0.25) is 9.69 Å². The number of hydrogen-bond donors (Lipinski definition) is 0. The molecule has 1 amide bonds. The number of nitrogens with zero attached hydrogens (tertiary/aromatic N) is 3. The van der Waals surface area contributed by atoms with E-state index in [0.29, 0.717) is 29.6 Å². The van der Waals surface area contributed by atoms with Gasteiger partial charge in [0.25, 0.3) is 0 Å². The van der Waals surface area contributed by atoms with Gasteiger partial charge in [-0.2, -0.15) is 5.26 Å². The van der Waals surface area contributed by atoms with Crippen molar-refractivity contribution in [3.8, 4) is 6.07 Å². The minimum absolute atomic E-state index is 0.00666. The molecule has 1 aromatic carbocycles. The molecule has 0 saturated heterocycles. The first-order valence-electron chi connectivity index (χ1n) is 6.63. The van der Waals surface area contributed by atoms with E-state index in [-0.39, 0.29) is 11.9 Å². The Kier molecular flexibility index (Phi) is 6.97. The number of rotatable bonds is 6. The second-order valence-corrected chi connectivity index (χ2v) is 5.82. The highest BCUT2D eigenvalue weighted by Gasteiger charge is 2.21. The zero-order chi connectivity index (χ0) is 16.0. The molecule has 6 heteroatoms. The molecule has 114 valence electrons. The van der Waals surface area contributed by atoms with E-state index in [9.17, 15) is 4.79 Å². The normalized spacial score (nSPS) is 12.0. The molecule has 0 radical (unpaired) electrons. The summed E-state index contributed by atoms with van der Waals surface area (Å²) in [7, 11) is 3.59. The fourth-order valence-corrected chi connectivity index (χ4v) is 2.22. The van der Waals surface area contributed by atoms with Crippen LogP contribution in [0.3, 0.4) is 0 Å². The molecule has 0 N–H and O–H groups in total. The number of likely N-dealkylation sites (N-methyl/N-ethyl adjacent to an activating group) is 2. The van der Waals surface area contributed by atoms with E-state index in [4.69, 9.17) is 28.5 Å². The zero-order valence-electron chi connectivity index (χ0n) is 12.4. The first kappa shape index (κ1) is 17.8. The molecule has 0 aliphatic heterocycles. The molecule has 21 heavy (non-hydrogen) atoms. The summed E-state index contributed by atoms with van der Waals surface area (Å²) < 4.78 is 0. The molecule has 1 rings (SSSR count). The van der Waals surface area contributed by atoms with E-state index in [0.717, 1.165) is 5.56 Å². The van der Waals surface area contributed by atoms with Gasteiger partial charge in [0, 0.05) is 20.1 Å². The third-order valence-electron chi connectivity index (χ3n) is 3.37. The number of carbonyl (C=O) groups is 1. The van der Waals surface area contributed by atoms with Crippen LogP contribution in [0.25, 0.3) is 0 Å². The van der Waals surface area contributed by atoms with Crippen LogP contribution in [-0.4, -0.2) is 42.4 Å². The Bertz CT molecular complexity index is 542. The lowest BCUT2D eigenvalue weighted by Gasteiger charge is -2.28. The second-order valence-electron chi connectivity index (χ2n) is 5.01. The molecule has 0 spiro atoms. The van der Waals surface area contributed by atoms with Gasteiger partial charge in [0.15, 0.2) is 0 Å². The lowest BCUT2D eigenvalue weighted by Crippen LogP contribution is -2.44. The lowest BCUT2D eigenvalue weighted by atomic mass is 10.2. The van der Waals surface area contributed by atoms with Crippen LogP contribution in [0.4, 0.5) is 0 Å². The van der Waals surface area contributed by atoms with Gasteiger partial charge in [-0.15, -0.1) is 0 Å². The van der Waals surface area contributed by atoms with Crippen molar-refractivity contribution in [1.82, 2.24) is 9.80 Å². The highest BCUT2D eigenvalue weighted by atomic mass is 35.5. The second kappa shape index (κ2) is 8.23. The predicted molar refractivity (Wildman–Crippen MR) is 85.3 cm³/mol. The van der Waals surface area contributed by atoms with Crippen molar-refractivity contribution in [1.29, 1.82) is 5.26 Å². The maximum absolute atomic E-state index is 12.2. The van der Waals surface area contributed by atoms with Crippen molar-refractivity contribution in [3.05, 3.63) is 33.8 Å². The van der Waals surface area contributed by atoms with Gasteiger partial charge in [0.2, 0.25) is 5.91 Å². The molecule has 1 unspecified atom stereocenters. The van der Waals surface area contributed by atoms with Gasteiger partial charge in [-0.25, -0.2) is 0 Å². The monoisotopic (exact) mass is 327 g/mol. The topological polar surface area (TPSA) is 47.3 Å². The van der Waals surface area contributed by atoms with Gasteiger partial charge in [0.05, 0.1) is 28.6 Å². The van der Waals surface area contributed by atoms with Crippen molar-refractivity contribution in [2.24, 2.45) is 0 Å². The smallest absolute Gasteiger partial charge is 0.239 e. The molecule has 0 saturated carbocycles. The molecule has 0 aromatic heterocycles. The first-order valence-corrected chi connectivity index (χ1v) is 7.38. The van der Waals surface area contributed by atoms with E-state index in [1.54, 1.807) is 24.1 Å². The summed E-state index contributed by atoms with van der Waals surface area (Å²) in [6.45, 7) is 2.89. The Labute approximate surface area is 135 Å². The summed E-state index contributed by atoms with van der Waals surface area (Å²) in [5, 5.41) is 9.59. The molecular formula is C15H19Cl2N3O. The maximum atomic E-state index is 12.2. The van der Waals surface area contributed by atoms with E-state index >= 15 is 0 Å². The largest absolute Gasteiger partial charge is 0.343 e. The van der Waals surface area contributed by atoms with Crippen LogP contribution in [0.2, 0.25) is 10.0 Å². The van der Waals surface area contributed by atoms with Crippen LogP contribution in [0.15, 0.2) is 18.2 Å². The Morgan fingerprint density at radius 1 is 1.33 bits per heavy atom. The van der Waals surface area contributed by atoms with Crippen molar-refractivity contribution in [2.75, 3.05) is 20.6 Å². The molecule has 0 aliphatic carbocycles. The number of carbonyl (C=O) groups excluding carboxylic acids is 1. The van der Waals surface area contributed by atoms with Gasteiger partial charge in [0.1, 0.15) is 0 Å². The predicted octanol–water partition coefficient (Wildman–Crippen LogP) is 3.19. The third-order valence-corrected chi connectivity index (χ3v) is 4.11. The molecule has 4 nitrogen and oxygen atoms in total. The minimum Gasteiger partial charge on any atom is -0.343 e. The molecule has 0 bridgehead atoms. The van der Waals surface area contributed by atoms with Crippen LogP contribution in [-0.2, 0) is 11.3 Å². The third kappa shape index (κ3) is 5.20. The van der Waals surface area contributed by atoms with Gasteiger partial charge >= 0.3 is 0 Å². The zero-order valence-corrected chi connectivity index (χ0v) is 13.9. The van der Waals surface area contributed by atoms with Crippen molar-refractivity contribution >= 4 is 29.1 Å². The quantitative estimate of drug-likeness (QED) is 0.806. The number of amides is 1. The summed E-state index contributed by atoms with van der Waals surface area (Å²) in [5.74, 6) is -0.00666. The fraction of sp³-hybridized carbons (Fsp3) is 0.467. The summed E-state index contributed by atoms with van der Waals surface area (Å²) >= 11 is 11.9. The van der Waals surface area contributed by atoms with Crippen LogP contribution in [0.1, 0.15) is 18.9 Å². The number of benzene rings is 1. The Morgan fingerprint density at radius 2 is 2.00 bits per heavy atom. The Morgan fingerprint density at radius 3 is 2.57 bits per heavy atom. The number of halogens is 2.